The van der Waals surface area contributed by atoms with Gasteiger partial charge in [-0.3, -0.25) is 9.69 Å². The van der Waals surface area contributed by atoms with E-state index < -0.39 is 5.92 Å². The van der Waals surface area contributed by atoms with E-state index in [0.717, 1.165) is 27.6 Å². The highest BCUT2D eigenvalue weighted by Crippen LogP contribution is 2.52. The summed E-state index contributed by atoms with van der Waals surface area (Å²) >= 11 is 1.54. The minimum absolute atomic E-state index is 0.0397. The highest BCUT2D eigenvalue weighted by Gasteiger charge is 2.45. The average molecular weight is 439 g/mol. The lowest BCUT2D eigenvalue weighted by Gasteiger charge is -2.42. The van der Waals surface area contributed by atoms with Gasteiger partial charge in [0.2, 0.25) is 0 Å². The first-order valence-corrected chi connectivity index (χ1v) is 11.3. The van der Waals surface area contributed by atoms with Crippen LogP contribution in [0.25, 0.3) is 0 Å². The van der Waals surface area contributed by atoms with Crippen LogP contribution in [-0.2, 0) is 4.79 Å². The highest BCUT2D eigenvalue weighted by atomic mass is 32.1. The summed E-state index contributed by atoms with van der Waals surface area (Å²) in [5, 5.41) is 12.2. The number of nitrogens with zero attached hydrogens (tertiary/aromatic N) is 3. The Kier molecular flexibility index (Phi) is 4.17. The van der Waals surface area contributed by atoms with E-state index >= 15 is 0 Å². The molecule has 2 N–H and O–H groups in total. The summed E-state index contributed by atoms with van der Waals surface area (Å²) in [5.74, 6) is 1.21. The average Bonchev–Trinajstić information content (AvgIpc) is 3.52. The van der Waals surface area contributed by atoms with Gasteiger partial charge in [0.15, 0.2) is 11.6 Å². The lowest BCUT2D eigenvalue weighted by atomic mass is 9.74. The van der Waals surface area contributed by atoms with Crippen molar-refractivity contribution in [1.29, 1.82) is 5.26 Å². The molecule has 0 saturated heterocycles. The number of ketones is 1. The van der Waals surface area contributed by atoms with Gasteiger partial charge in [0, 0.05) is 34.0 Å². The number of nitrogens with two attached hydrogens (primary N) is 1. The predicted molar refractivity (Wildman–Crippen MR) is 122 cm³/mol. The number of carbonyl (C=O) groups excluding carboxylic acids is 1. The molecular weight excluding hydrogens is 420 g/mol. The van der Waals surface area contributed by atoms with Crippen LogP contribution < -0.4 is 10.6 Å². The third kappa shape index (κ3) is 2.63. The van der Waals surface area contributed by atoms with E-state index in [2.05, 4.69) is 11.1 Å². The Morgan fingerprint density at radius 3 is 2.78 bits per heavy atom. The zero-order valence-electron chi connectivity index (χ0n) is 17.0. The minimum atomic E-state index is -0.437. The Balaban J connectivity index is 1.63. The van der Waals surface area contributed by atoms with Crippen LogP contribution in [-0.4, -0.2) is 11.6 Å². The van der Waals surface area contributed by atoms with E-state index in [1.54, 1.807) is 17.6 Å². The second kappa shape index (κ2) is 7.08. The lowest BCUT2D eigenvalue weighted by molar-refractivity contribution is -0.116. The van der Waals surface area contributed by atoms with Crippen LogP contribution >= 0.6 is 11.3 Å². The molecular formula is C25H18N4O2S. The van der Waals surface area contributed by atoms with E-state index in [9.17, 15) is 10.1 Å². The first kappa shape index (κ1) is 18.8. The van der Waals surface area contributed by atoms with Crippen LogP contribution in [0.4, 0.5) is 5.69 Å². The van der Waals surface area contributed by atoms with Gasteiger partial charge in [0.05, 0.1) is 29.5 Å². The summed E-state index contributed by atoms with van der Waals surface area (Å²) in [6, 6.07) is 17.8. The van der Waals surface area contributed by atoms with Crippen LogP contribution in [0.15, 0.2) is 92.2 Å². The van der Waals surface area contributed by atoms with Gasteiger partial charge in [-0.15, -0.1) is 11.3 Å². The van der Waals surface area contributed by atoms with Gasteiger partial charge >= 0.3 is 0 Å². The number of furan rings is 1. The maximum Gasteiger partial charge on any atom is 0.162 e. The number of nitriles is 1. The molecule has 156 valence electrons. The molecule has 7 heteroatoms. The summed E-state index contributed by atoms with van der Waals surface area (Å²) in [4.78, 5) is 21.2. The second-order valence-electron chi connectivity index (χ2n) is 8.05. The zero-order valence-corrected chi connectivity index (χ0v) is 17.8. The van der Waals surface area contributed by atoms with Gasteiger partial charge in [-0.25, -0.2) is 4.99 Å². The van der Waals surface area contributed by atoms with Crippen molar-refractivity contribution in [2.24, 2.45) is 10.7 Å². The number of fused-ring (bicyclic) bond motifs is 4. The predicted octanol–water partition coefficient (Wildman–Crippen LogP) is 4.80. The van der Waals surface area contributed by atoms with Crippen molar-refractivity contribution in [1.82, 2.24) is 0 Å². The molecule has 0 amide bonds. The number of allylic oxidation sites excluding steroid dienone is 3. The Morgan fingerprint density at radius 2 is 2.03 bits per heavy atom. The van der Waals surface area contributed by atoms with Gasteiger partial charge in [-0.05, 0) is 42.1 Å². The maximum atomic E-state index is 13.6. The summed E-state index contributed by atoms with van der Waals surface area (Å²) in [6.07, 6.45) is 2.60. The number of Topliss-reactive ketones (excluding diaryl/α,β-unsaturated/α-hetero) is 1. The molecule has 0 fully saturated rings. The molecule has 2 aromatic heterocycles. The van der Waals surface area contributed by atoms with Crippen molar-refractivity contribution in [3.8, 4) is 6.07 Å². The molecule has 0 unspecified atom stereocenters. The minimum Gasteiger partial charge on any atom is -0.469 e. The van der Waals surface area contributed by atoms with Crippen molar-refractivity contribution in [2.45, 2.75) is 24.7 Å². The topological polar surface area (TPSA) is 95.6 Å². The largest absolute Gasteiger partial charge is 0.469 e. The van der Waals surface area contributed by atoms with Crippen LogP contribution in [0.5, 0.6) is 0 Å². The SMILES string of the molecule is N#CC1=C2N=C(N)c3ccccc3N2C2=C(C(=O)C[C@@H](c3ccco3)C2)[C@H]1c1cccs1. The first-order chi connectivity index (χ1) is 15.7. The van der Waals surface area contributed by atoms with Crippen molar-refractivity contribution in [3.63, 3.8) is 0 Å². The number of thiophene rings is 1. The van der Waals surface area contributed by atoms with Gasteiger partial charge in [-0.2, -0.15) is 5.26 Å². The fourth-order valence-electron chi connectivity index (χ4n) is 4.98. The first-order valence-electron chi connectivity index (χ1n) is 10.4. The molecule has 3 aliphatic rings. The zero-order chi connectivity index (χ0) is 21.8. The van der Waals surface area contributed by atoms with E-state index in [0.29, 0.717) is 35.6 Å². The molecule has 6 nitrogen and oxygen atoms in total. The standard InChI is InChI=1S/C25H18N4O2S/c26-13-16-22(21-8-4-10-32-21)23-18(11-14(12-19(23)30)20-7-3-9-31-20)29-17-6-2-1-5-15(17)24(27)28-25(16)29/h1-10,14,22H,11-12H2,(H2,27,28)/t14-,22+/m0/s1. The normalized spacial score (nSPS) is 22.2. The van der Waals surface area contributed by atoms with Crippen molar-refractivity contribution >= 4 is 28.6 Å². The molecule has 4 heterocycles. The van der Waals surface area contributed by atoms with Crippen molar-refractivity contribution in [3.05, 3.63) is 99.0 Å². The Bertz CT molecular complexity index is 1370. The number of amidine groups is 1. The summed E-state index contributed by atoms with van der Waals surface area (Å²) in [7, 11) is 0. The number of anilines is 1. The molecule has 0 bridgehead atoms. The van der Waals surface area contributed by atoms with Crippen molar-refractivity contribution in [2.75, 3.05) is 4.90 Å². The Labute approximate surface area is 188 Å². The highest BCUT2D eigenvalue weighted by molar-refractivity contribution is 7.10. The fraction of sp³-hybridized carbons (Fsp3) is 0.160. The Hall–Kier alpha value is -3.89. The fourth-order valence-corrected chi connectivity index (χ4v) is 5.82. The smallest absolute Gasteiger partial charge is 0.162 e. The molecule has 6 rings (SSSR count). The number of benzene rings is 1. The van der Waals surface area contributed by atoms with E-state index in [-0.39, 0.29) is 11.7 Å². The van der Waals surface area contributed by atoms with Gasteiger partial charge < -0.3 is 10.2 Å². The van der Waals surface area contributed by atoms with Crippen molar-refractivity contribution < 1.29 is 9.21 Å². The van der Waals surface area contributed by atoms with Crippen LogP contribution in [0.2, 0.25) is 0 Å². The summed E-state index contributed by atoms with van der Waals surface area (Å²) in [6.45, 7) is 0. The van der Waals surface area contributed by atoms with Gasteiger partial charge in [0.1, 0.15) is 11.6 Å². The summed E-state index contributed by atoms with van der Waals surface area (Å²) in [5.41, 5.74) is 9.96. The monoisotopic (exact) mass is 438 g/mol. The number of rotatable bonds is 2. The number of aliphatic imine (C=N–C) groups is 1. The molecule has 2 atom stereocenters. The number of hydrogen-bond donors (Lipinski definition) is 1. The van der Waals surface area contributed by atoms with Gasteiger partial charge in [-0.1, -0.05) is 18.2 Å². The van der Waals surface area contributed by atoms with Crippen LogP contribution in [0.1, 0.15) is 40.9 Å². The second-order valence-corrected chi connectivity index (χ2v) is 9.03. The lowest BCUT2D eigenvalue weighted by Crippen LogP contribution is -2.40. The number of carbonyl (C=O) groups is 1. The molecule has 1 aliphatic carbocycles. The van der Waals surface area contributed by atoms with Crippen LogP contribution in [0, 0.1) is 11.3 Å². The molecule has 0 spiro atoms. The maximum absolute atomic E-state index is 13.6. The van der Waals surface area contributed by atoms with E-state index in [1.807, 2.05) is 58.8 Å². The van der Waals surface area contributed by atoms with E-state index in [4.69, 9.17) is 10.2 Å². The third-order valence-electron chi connectivity index (χ3n) is 6.32. The van der Waals surface area contributed by atoms with Gasteiger partial charge in [0.25, 0.3) is 0 Å². The van der Waals surface area contributed by atoms with Crippen LogP contribution in [0.3, 0.4) is 0 Å². The molecule has 0 saturated carbocycles. The number of para-hydroxylation sites is 1. The Morgan fingerprint density at radius 1 is 1.16 bits per heavy atom. The third-order valence-corrected chi connectivity index (χ3v) is 7.26. The summed E-state index contributed by atoms with van der Waals surface area (Å²) < 4.78 is 5.66. The molecule has 32 heavy (non-hydrogen) atoms. The molecule has 1 aromatic carbocycles. The molecule has 2 aliphatic heterocycles. The number of hydrogen-bond acceptors (Lipinski definition) is 7. The van der Waals surface area contributed by atoms with E-state index in [1.165, 1.54) is 0 Å². The molecule has 0 radical (unpaired) electrons. The molecule has 3 aromatic rings. The quantitative estimate of drug-likeness (QED) is 0.620.